The number of hydrogen-bond acceptors (Lipinski definition) is 2. The molecule has 0 aromatic heterocycles. The lowest BCUT2D eigenvalue weighted by Crippen LogP contribution is -2.47. The Hall–Kier alpha value is -1.35. The molecule has 110 valence electrons. The maximum absolute atomic E-state index is 12.1. The maximum Gasteiger partial charge on any atom is 0.237 e. The van der Waals surface area contributed by atoms with Gasteiger partial charge in [0.1, 0.15) is 0 Å². The Morgan fingerprint density at radius 3 is 2.55 bits per heavy atom. The molecule has 0 spiro atoms. The minimum atomic E-state index is -0.187. The van der Waals surface area contributed by atoms with Crippen LogP contribution in [0.4, 0.5) is 0 Å². The third-order valence-corrected chi connectivity index (χ3v) is 4.03. The molecular weight excluding hydrogens is 248 g/mol. The molecule has 2 N–H and O–H groups in total. The highest BCUT2D eigenvalue weighted by atomic mass is 16.2. The van der Waals surface area contributed by atoms with Gasteiger partial charge in [-0.1, -0.05) is 38.1 Å². The fourth-order valence-electron chi connectivity index (χ4n) is 3.04. The normalized spacial score (nSPS) is 21.6. The predicted molar refractivity (Wildman–Crippen MR) is 82.5 cm³/mol. The van der Waals surface area contributed by atoms with Crippen molar-refractivity contribution in [3.8, 4) is 0 Å². The number of amides is 1. The van der Waals surface area contributed by atoms with E-state index in [1.54, 1.807) is 0 Å². The Labute approximate surface area is 122 Å². The van der Waals surface area contributed by atoms with E-state index in [4.69, 9.17) is 0 Å². The van der Waals surface area contributed by atoms with Gasteiger partial charge in [-0.2, -0.15) is 0 Å². The van der Waals surface area contributed by atoms with Gasteiger partial charge in [0.2, 0.25) is 5.91 Å². The Kier molecular flexibility index (Phi) is 4.19. The second kappa shape index (κ2) is 5.57. The number of carbonyl (C=O) groups excluding carboxylic acids is 1. The summed E-state index contributed by atoms with van der Waals surface area (Å²) < 4.78 is 0. The first-order chi connectivity index (χ1) is 9.31. The molecule has 20 heavy (non-hydrogen) atoms. The van der Waals surface area contributed by atoms with Crippen LogP contribution in [0.1, 0.15) is 51.8 Å². The van der Waals surface area contributed by atoms with E-state index in [0.717, 1.165) is 6.42 Å². The number of benzene rings is 1. The van der Waals surface area contributed by atoms with Gasteiger partial charge in [-0.15, -0.1) is 0 Å². The summed E-state index contributed by atoms with van der Waals surface area (Å²) in [6.45, 7) is 10.4. The van der Waals surface area contributed by atoms with Crippen molar-refractivity contribution in [1.29, 1.82) is 0 Å². The molecule has 3 heteroatoms. The molecule has 0 saturated carbocycles. The zero-order valence-electron chi connectivity index (χ0n) is 13.2. The highest BCUT2D eigenvalue weighted by Crippen LogP contribution is 2.45. The van der Waals surface area contributed by atoms with Gasteiger partial charge in [0.25, 0.3) is 0 Å². The SMILES string of the molecule is CC(C)NC(=O)C(C)NC1c2ccccc2CC1(C)C. The summed E-state index contributed by atoms with van der Waals surface area (Å²) in [7, 11) is 0. The third-order valence-electron chi connectivity index (χ3n) is 4.03. The van der Waals surface area contributed by atoms with Gasteiger partial charge >= 0.3 is 0 Å². The van der Waals surface area contributed by atoms with Crippen LogP contribution < -0.4 is 10.6 Å². The number of fused-ring (bicyclic) bond motifs is 1. The van der Waals surface area contributed by atoms with E-state index >= 15 is 0 Å². The fourth-order valence-corrected chi connectivity index (χ4v) is 3.04. The highest BCUT2D eigenvalue weighted by Gasteiger charge is 2.39. The molecule has 1 aromatic carbocycles. The molecule has 2 rings (SSSR count). The van der Waals surface area contributed by atoms with Crippen LogP contribution >= 0.6 is 0 Å². The number of hydrogen-bond donors (Lipinski definition) is 2. The lowest BCUT2D eigenvalue weighted by atomic mass is 9.85. The van der Waals surface area contributed by atoms with Crippen molar-refractivity contribution in [2.45, 2.75) is 59.2 Å². The van der Waals surface area contributed by atoms with Crippen LogP contribution in [0.3, 0.4) is 0 Å². The molecule has 1 aliphatic carbocycles. The number of carbonyl (C=O) groups is 1. The second-order valence-corrected chi connectivity index (χ2v) is 6.85. The smallest absolute Gasteiger partial charge is 0.237 e. The summed E-state index contributed by atoms with van der Waals surface area (Å²) in [4.78, 5) is 12.1. The largest absolute Gasteiger partial charge is 0.353 e. The molecule has 0 fully saturated rings. The number of nitrogens with one attached hydrogen (secondary N) is 2. The quantitative estimate of drug-likeness (QED) is 0.886. The second-order valence-electron chi connectivity index (χ2n) is 6.85. The molecular formula is C17H26N2O. The third kappa shape index (κ3) is 3.04. The standard InChI is InChI=1S/C17H26N2O/c1-11(2)18-16(20)12(3)19-15-14-9-7-6-8-13(14)10-17(15,4)5/h6-9,11-12,15,19H,10H2,1-5H3,(H,18,20). The average molecular weight is 274 g/mol. The molecule has 1 amide bonds. The Balaban J connectivity index is 2.14. The molecule has 1 aromatic rings. The topological polar surface area (TPSA) is 41.1 Å². The van der Waals surface area contributed by atoms with Gasteiger partial charge in [-0.05, 0) is 43.7 Å². The molecule has 0 heterocycles. The minimum Gasteiger partial charge on any atom is -0.353 e. The van der Waals surface area contributed by atoms with E-state index in [2.05, 4.69) is 48.7 Å². The zero-order valence-corrected chi connectivity index (χ0v) is 13.2. The van der Waals surface area contributed by atoms with Gasteiger partial charge in [0.05, 0.1) is 6.04 Å². The lowest BCUT2D eigenvalue weighted by Gasteiger charge is -2.31. The minimum absolute atomic E-state index is 0.0696. The lowest BCUT2D eigenvalue weighted by molar-refractivity contribution is -0.123. The van der Waals surface area contributed by atoms with Crippen LogP contribution in [0.2, 0.25) is 0 Å². The predicted octanol–water partition coefficient (Wildman–Crippen LogP) is 2.81. The molecule has 0 aliphatic heterocycles. The first-order valence-corrected chi connectivity index (χ1v) is 7.45. The summed E-state index contributed by atoms with van der Waals surface area (Å²) in [6, 6.07) is 8.75. The van der Waals surface area contributed by atoms with Crippen LogP contribution in [-0.2, 0) is 11.2 Å². The van der Waals surface area contributed by atoms with E-state index in [1.807, 2.05) is 20.8 Å². The van der Waals surface area contributed by atoms with E-state index in [0.29, 0.717) is 0 Å². The molecule has 0 radical (unpaired) electrons. The molecule has 1 aliphatic rings. The highest BCUT2D eigenvalue weighted by molar-refractivity contribution is 5.81. The van der Waals surface area contributed by atoms with Crippen molar-refractivity contribution in [2.75, 3.05) is 0 Å². The first kappa shape index (κ1) is 15.0. The van der Waals surface area contributed by atoms with Crippen LogP contribution in [0.25, 0.3) is 0 Å². The molecule has 0 saturated heterocycles. The summed E-state index contributed by atoms with van der Waals surface area (Å²) in [5.74, 6) is 0.0696. The summed E-state index contributed by atoms with van der Waals surface area (Å²) in [5.41, 5.74) is 2.86. The van der Waals surface area contributed by atoms with Crippen molar-refractivity contribution in [1.82, 2.24) is 10.6 Å². The molecule has 0 bridgehead atoms. The number of rotatable bonds is 4. The Bertz CT molecular complexity index is 494. The summed E-state index contributed by atoms with van der Waals surface area (Å²) >= 11 is 0. The van der Waals surface area contributed by atoms with E-state index < -0.39 is 0 Å². The average Bonchev–Trinajstić information content (AvgIpc) is 2.59. The van der Waals surface area contributed by atoms with Crippen LogP contribution in [-0.4, -0.2) is 18.0 Å². The summed E-state index contributed by atoms with van der Waals surface area (Å²) in [5, 5.41) is 6.48. The monoisotopic (exact) mass is 274 g/mol. The van der Waals surface area contributed by atoms with Crippen molar-refractivity contribution >= 4 is 5.91 Å². The van der Waals surface area contributed by atoms with Crippen molar-refractivity contribution in [3.05, 3.63) is 35.4 Å². The first-order valence-electron chi connectivity index (χ1n) is 7.45. The fraction of sp³-hybridized carbons (Fsp3) is 0.588. The summed E-state index contributed by atoms with van der Waals surface area (Å²) in [6.07, 6.45) is 1.05. The van der Waals surface area contributed by atoms with Gasteiger partial charge in [0, 0.05) is 12.1 Å². The molecule has 3 nitrogen and oxygen atoms in total. The van der Waals surface area contributed by atoms with Gasteiger partial charge < -0.3 is 5.32 Å². The van der Waals surface area contributed by atoms with Crippen LogP contribution in [0.15, 0.2) is 24.3 Å². The van der Waals surface area contributed by atoms with Gasteiger partial charge in [0.15, 0.2) is 0 Å². The van der Waals surface area contributed by atoms with Crippen molar-refractivity contribution in [3.63, 3.8) is 0 Å². The van der Waals surface area contributed by atoms with Crippen molar-refractivity contribution < 1.29 is 4.79 Å². The Morgan fingerprint density at radius 2 is 1.90 bits per heavy atom. The molecule has 2 atom stereocenters. The van der Waals surface area contributed by atoms with E-state index in [-0.39, 0.29) is 29.4 Å². The van der Waals surface area contributed by atoms with Crippen molar-refractivity contribution in [2.24, 2.45) is 5.41 Å². The molecule has 2 unspecified atom stereocenters. The van der Waals surface area contributed by atoms with Gasteiger partial charge in [-0.3, -0.25) is 10.1 Å². The van der Waals surface area contributed by atoms with Gasteiger partial charge in [-0.25, -0.2) is 0 Å². The van der Waals surface area contributed by atoms with Crippen LogP contribution in [0.5, 0.6) is 0 Å². The van der Waals surface area contributed by atoms with E-state index in [1.165, 1.54) is 11.1 Å². The maximum atomic E-state index is 12.1. The van der Waals surface area contributed by atoms with E-state index in [9.17, 15) is 4.79 Å². The Morgan fingerprint density at radius 1 is 1.25 bits per heavy atom. The van der Waals surface area contributed by atoms with Crippen LogP contribution in [0, 0.1) is 5.41 Å². The zero-order chi connectivity index (χ0) is 14.9.